The van der Waals surface area contributed by atoms with Crippen LogP contribution in [0.2, 0.25) is 0 Å². The number of hydrogen-bond donors (Lipinski definition) is 5. The Kier molecular flexibility index (Phi) is 4.00. The summed E-state index contributed by atoms with van der Waals surface area (Å²) in [4.78, 5) is 10.7. The van der Waals surface area contributed by atoms with Crippen molar-refractivity contribution in [3.05, 3.63) is 0 Å². The molecule has 0 aliphatic carbocycles. The average molecular weight is 221 g/mol. The van der Waals surface area contributed by atoms with E-state index < -0.39 is 43.2 Å². The predicted molar refractivity (Wildman–Crippen MR) is 47.6 cm³/mol. The van der Waals surface area contributed by atoms with E-state index in [-0.39, 0.29) is 0 Å². The minimum Gasteiger partial charge on any atom is -0.394 e. The maximum atomic E-state index is 10.7. The van der Waals surface area contributed by atoms with Crippen LogP contribution in [0.5, 0.6) is 0 Å². The molecule has 7 heteroatoms. The Bertz CT molecular complexity index is 235. The maximum absolute atomic E-state index is 10.7. The number of hydrogen-bond acceptors (Lipinski definition) is 6. The zero-order valence-electron chi connectivity index (χ0n) is 8.20. The van der Waals surface area contributed by atoms with Crippen molar-refractivity contribution in [1.82, 2.24) is 5.32 Å². The highest BCUT2D eigenvalue weighted by molar-refractivity contribution is 5.73. The first-order valence-corrected chi connectivity index (χ1v) is 4.55. The van der Waals surface area contributed by atoms with Crippen molar-refractivity contribution in [2.45, 2.75) is 37.6 Å². The van der Waals surface area contributed by atoms with Crippen molar-refractivity contribution in [2.24, 2.45) is 0 Å². The van der Waals surface area contributed by atoms with Crippen LogP contribution in [0.25, 0.3) is 0 Å². The number of rotatable bonds is 2. The van der Waals surface area contributed by atoms with Crippen molar-refractivity contribution in [2.75, 3.05) is 6.61 Å². The van der Waals surface area contributed by atoms with Gasteiger partial charge in [-0.25, -0.2) is 0 Å². The van der Waals surface area contributed by atoms with Gasteiger partial charge >= 0.3 is 0 Å². The topological polar surface area (TPSA) is 119 Å². The molecule has 5 atom stereocenters. The van der Waals surface area contributed by atoms with Crippen LogP contribution >= 0.6 is 0 Å². The Morgan fingerprint density at radius 3 is 2.40 bits per heavy atom. The molecule has 0 radical (unpaired) electrons. The summed E-state index contributed by atoms with van der Waals surface area (Å²) >= 11 is 0. The highest BCUT2D eigenvalue weighted by Gasteiger charge is 2.43. The minimum atomic E-state index is -1.45. The van der Waals surface area contributed by atoms with Gasteiger partial charge in [0, 0.05) is 6.92 Å². The van der Waals surface area contributed by atoms with Crippen LogP contribution in [-0.4, -0.2) is 63.6 Å². The van der Waals surface area contributed by atoms with Crippen molar-refractivity contribution in [1.29, 1.82) is 0 Å². The molecule has 15 heavy (non-hydrogen) atoms. The minimum absolute atomic E-state index is 0.462. The molecule has 1 heterocycles. The molecule has 5 N–H and O–H groups in total. The smallest absolute Gasteiger partial charge is 0.217 e. The highest BCUT2D eigenvalue weighted by atomic mass is 16.6. The van der Waals surface area contributed by atoms with Gasteiger partial charge in [0.2, 0.25) is 5.91 Å². The van der Waals surface area contributed by atoms with E-state index >= 15 is 0 Å². The molecule has 1 fully saturated rings. The first kappa shape index (κ1) is 12.3. The van der Waals surface area contributed by atoms with Crippen LogP contribution in [0, 0.1) is 0 Å². The molecule has 0 aromatic rings. The van der Waals surface area contributed by atoms with Gasteiger partial charge in [0.15, 0.2) is 6.29 Å². The van der Waals surface area contributed by atoms with Crippen molar-refractivity contribution < 1.29 is 30.0 Å². The number of aliphatic hydroxyl groups excluding tert-OH is 4. The van der Waals surface area contributed by atoms with Gasteiger partial charge in [0.25, 0.3) is 0 Å². The third-order valence-electron chi connectivity index (χ3n) is 2.27. The van der Waals surface area contributed by atoms with E-state index in [1.54, 1.807) is 0 Å². The van der Waals surface area contributed by atoms with E-state index in [0.717, 1.165) is 0 Å². The molecule has 0 saturated carbocycles. The molecule has 1 saturated heterocycles. The van der Waals surface area contributed by atoms with Crippen LogP contribution in [0.3, 0.4) is 0 Å². The first-order chi connectivity index (χ1) is 6.97. The second kappa shape index (κ2) is 4.86. The predicted octanol–water partition coefficient (Wildman–Crippen LogP) is -3.08. The zero-order valence-corrected chi connectivity index (χ0v) is 8.20. The Morgan fingerprint density at radius 2 is 1.93 bits per heavy atom. The van der Waals surface area contributed by atoms with Gasteiger partial charge in [0.1, 0.15) is 24.4 Å². The second-order valence-corrected chi connectivity index (χ2v) is 3.46. The molecule has 1 aliphatic heterocycles. The van der Waals surface area contributed by atoms with Gasteiger partial charge in [-0.1, -0.05) is 0 Å². The molecule has 0 spiro atoms. The normalized spacial score (nSPS) is 41.3. The summed E-state index contributed by atoms with van der Waals surface area (Å²) in [5.74, 6) is -0.462. The summed E-state index contributed by atoms with van der Waals surface area (Å²) in [5.41, 5.74) is 0. The fourth-order valence-corrected chi connectivity index (χ4v) is 1.49. The van der Waals surface area contributed by atoms with E-state index in [9.17, 15) is 20.1 Å². The standard InChI is InChI=1S/C8H15NO6/c1-3(11)9-5-7(13)6(12)4(2-10)15-8(5)14/h4-8,10,12-14H,2H2,1H3,(H,9,11)/t4-,5-,6?,7-,8-/m1/s1. The summed E-state index contributed by atoms with van der Waals surface area (Å²) < 4.78 is 4.81. The fraction of sp³-hybridized carbons (Fsp3) is 0.875. The van der Waals surface area contributed by atoms with Gasteiger partial charge in [-0.15, -0.1) is 0 Å². The molecule has 1 unspecified atom stereocenters. The lowest BCUT2D eigenvalue weighted by Gasteiger charge is -2.40. The Balaban J connectivity index is 2.70. The Morgan fingerprint density at radius 1 is 1.33 bits per heavy atom. The van der Waals surface area contributed by atoms with Gasteiger partial charge in [0.05, 0.1) is 6.61 Å². The molecule has 1 amide bonds. The fourth-order valence-electron chi connectivity index (χ4n) is 1.49. The maximum Gasteiger partial charge on any atom is 0.217 e. The quantitative estimate of drug-likeness (QED) is 0.337. The van der Waals surface area contributed by atoms with E-state index in [1.165, 1.54) is 6.92 Å². The van der Waals surface area contributed by atoms with Crippen LogP contribution in [0.4, 0.5) is 0 Å². The molecular weight excluding hydrogens is 206 g/mol. The molecule has 7 nitrogen and oxygen atoms in total. The number of aliphatic hydroxyl groups is 4. The molecule has 88 valence electrons. The van der Waals surface area contributed by atoms with Gasteiger partial charge in [-0.3, -0.25) is 4.79 Å². The molecule has 0 aromatic heterocycles. The lowest BCUT2D eigenvalue weighted by atomic mass is 9.97. The van der Waals surface area contributed by atoms with E-state index in [0.29, 0.717) is 0 Å². The van der Waals surface area contributed by atoms with Crippen LogP contribution in [-0.2, 0) is 9.53 Å². The van der Waals surface area contributed by atoms with Gasteiger partial charge in [-0.2, -0.15) is 0 Å². The summed E-state index contributed by atoms with van der Waals surface area (Å²) in [7, 11) is 0. The van der Waals surface area contributed by atoms with Crippen LogP contribution in [0.15, 0.2) is 0 Å². The number of carbonyl (C=O) groups excluding carboxylic acids is 1. The van der Waals surface area contributed by atoms with Crippen molar-refractivity contribution >= 4 is 5.91 Å². The highest BCUT2D eigenvalue weighted by Crippen LogP contribution is 2.19. The number of carbonyl (C=O) groups is 1. The number of ether oxygens (including phenoxy) is 1. The number of amides is 1. The Labute approximate surface area is 86.3 Å². The lowest BCUT2D eigenvalue weighted by molar-refractivity contribution is -0.253. The van der Waals surface area contributed by atoms with Crippen LogP contribution in [0.1, 0.15) is 6.92 Å². The van der Waals surface area contributed by atoms with Gasteiger partial charge in [-0.05, 0) is 0 Å². The van der Waals surface area contributed by atoms with E-state index in [4.69, 9.17) is 9.84 Å². The second-order valence-electron chi connectivity index (χ2n) is 3.46. The van der Waals surface area contributed by atoms with E-state index in [1.807, 2.05) is 0 Å². The molecular formula is C8H15NO6. The molecule has 1 aliphatic rings. The Hall–Kier alpha value is -0.730. The monoisotopic (exact) mass is 221 g/mol. The van der Waals surface area contributed by atoms with Gasteiger partial charge < -0.3 is 30.5 Å². The van der Waals surface area contributed by atoms with E-state index in [2.05, 4.69) is 5.32 Å². The van der Waals surface area contributed by atoms with Crippen molar-refractivity contribution in [3.8, 4) is 0 Å². The largest absolute Gasteiger partial charge is 0.394 e. The molecule has 0 aromatic carbocycles. The summed E-state index contributed by atoms with van der Waals surface area (Å²) in [6.07, 6.45) is -5.24. The van der Waals surface area contributed by atoms with Crippen molar-refractivity contribution in [3.63, 3.8) is 0 Å². The number of nitrogens with one attached hydrogen (secondary N) is 1. The SMILES string of the molecule is CC(=O)N[C@H]1[C@H](O)O[C@H](CO)C(O)[C@@H]1O. The zero-order chi connectivity index (χ0) is 11.6. The van der Waals surface area contributed by atoms with Crippen LogP contribution < -0.4 is 5.32 Å². The average Bonchev–Trinajstić information content (AvgIpc) is 2.18. The molecule has 1 rings (SSSR count). The third kappa shape index (κ3) is 2.64. The summed E-state index contributed by atoms with van der Waals surface area (Å²) in [6, 6.07) is -1.10. The summed E-state index contributed by atoms with van der Waals surface area (Å²) in [6.45, 7) is 0.687. The lowest BCUT2D eigenvalue weighted by Crippen LogP contribution is -2.63. The molecule has 0 bridgehead atoms. The first-order valence-electron chi connectivity index (χ1n) is 4.55. The third-order valence-corrected chi connectivity index (χ3v) is 2.27. The summed E-state index contributed by atoms with van der Waals surface area (Å²) in [5, 5.41) is 39.4.